The third-order valence-corrected chi connectivity index (χ3v) is 2.55. The van der Waals surface area contributed by atoms with Crippen LogP contribution in [-0.2, 0) is 4.79 Å². The first-order valence-electron chi connectivity index (χ1n) is 5.19. The zero-order valence-corrected chi connectivity index (χ0v) is 10.1. The van der Waals surface area contributed by atoms with Crippen LogP contribution in [0.25, 0.3) is 11.1 Å². The fourth-order valence-corrected chi connectivity index (χ4v) is 1.65. The van der Waals surface area contributed by atoms with E-state index in [4.69, 9.17) is 16.3 Å². The van der Waals surface area contributed by atoms with E-state index in [0.29, 0.717) is 10.8 Å². The Kier molecular flexibility index (Phi) is 3.45. The third kappa shape index (κ3) is 3.08. The van der Waals surface area contributed by atoms with E-state index in [-0.39, 0.29) is 5.97 Å². The normalized spacial score (nSPS) is 10.0. The van der Waals surface area contributed by atoms with E-state index in [9.17, 15) is 4.79 Å². The topological polar surface area (TPSA) is 26.3 Å². The van der Waals surface area contributed by atoms with Gasteiger partial charge in [-0.05, 0) is 35.4 Å². The minimum Gasteiger partial charge on any atom is -0.427 e. The maximum Gasteiger partial charge on any atom is 0.308 e. The number of benzene rings is 2. The van der Waals surface area contributed by atoms with Crippen molar-refractivity contribution in [2.75, 3.05) is 0 Å². The molecular formula is C14H11ClO2. The quantitative estimate of drug-likeness (QED) is 0.593. The third-order valence-electron chi connectivity index (χ3n) is 2.29. The first-order chi connectivity index (χ1) is 8.15. The molecule has 2 aromatic rings. The molecule has 0 fully saturated rings. The molecule has 0 aliphatic carbocycles. The molecule has 0 atom stereocenters. The van der Waals surface area contributed by atoms with Gasteiger partial charge in [0.25, 0.3) is 0 Å². The summed E-state index contributed by atoms with van der Waals surface area (Å²) in [5, 5.41) is 0.713. The molecule has 2 rings (SSSR count). The minimum absolute atomic E-state index is 0.316. The van der Waals surface area contributed by atoms with E-state index in [1.807, 2.05) is 36.4 Å². The Morgan fingerprint density at radius 1 is 0.941 bits per heavy atom. The summed E-state index contributed by atoms with van der Waals surface area (Å²) in [6, 6.07) is 14.9. The van der Waals surface area contributed by atoms with Gasteiger partial charge >= 0.3 is 5.97 Å². The van der Waals surface area contributed by atoms with Crippen molar-refractivity contribution in [3.8, 4) is 16.9 Å². The predicted molar refractivity (Wildman–Crippen MR) is 68.2 cm³/mol. The highest BCUT2D eigenvalue weighted by Gasteiger charge is 2.00. The monoisotopic (exact) mass is 246 g/mol. The highest BCUT2D eigenvalue weighted by atomic mass is 35.5. The molecule has 0 aromatic heterocycles. The zero-order valence-electron chi connectivity index (χ0n) is 9.31. The number of hydrogen-bond donors (Lipinski definition) is 0. The van der Waals surface area contributed by atoms with Gasteiger partial charge in [0.15, 0.2) is 0 Å². The van der Waals surface area contributed by atoms with Crippen LogP contribution in [0.4, 0.5) is 0 Å². The van der Waals surface area contributed by atoms with E-state index in [0.717, 1.165) is 11.1 Å². The summed E-state index contributed by atoms with van der Waals surface area (Å²) >= 11 is 5.82. The molecule has 17 heavy (non-hydrogen) atoms. The molecular weight excluding hydrogens is 236 g/mol. The Morgan fingerprint density at radius 2 is 1.41 bits per heavy atom. The average Bonchev–Trinajstić information content (AvgIpc) is 2.30. The molecule has 0 N–H and O–H groups in total. The molecule has 0 radical (unpaired) electrons. The molecule has 0 amide bonds. The number of esters is 1. The van der Waals surface area contributed by atoms with Gasteiger partial charge < -0.3 is 4.74 Å². The van der Waals surface area contributed by atoms with Crippen LogP contribution in [-0.4, -0.2) is 5.97 Å². The van der Waals surface area contributed by atoms with Gasteiger partial charge in [-0.25, -0.2) is 0 Å². The number of ether oxygens (including phenoxy) is 1. The summed E-state index contributed by atoms with van der Waals surface area (Å²) in [6.45, 7) is 1.38. The van der Waals surface area contributed by atoms with Crippen LogP contribution >= 0.6 is 11.6 Å². The Morgan fingerprint density at radius 3 is 1.88 bits per heavy atom. The second-order valence-electron chi connectivity index (χ2n) is 3.62. The SMILES string of the molecule is CC(=O)Oc1ccc(-c2ccc(Cl)cc2)cc1. The van der Waals surface area contributed by atoms with Crippen molar-refractivity contribution >= 4 is 17.6 Å². The van der Waals surface area contributed by atoms with Crippen molar-refractivity contribution in [3.05, 3.63) is 53.6 Å². The molecule has 86 valence electrons. The fourth-order valence-electron chi connectivity index (χ4n) is 1.52. The van der Waals surface area contributed by atoms with E-state index >= 15 is 0 Å². The highest BCUT2D eigenvalue weighted by molar-refractivity contribution is 6.30. The molecule has 0 bridgehead atoms. The van der Waals surface area contributed by atoms with Gasteiger partial charge in [0, 0.05) is 11.9 Å². The number of carbonyl (C=O) groups excluding carboxylic acids is 1. The standard InChI is InChI=1S/C14H11ClO2/c1-10(16)17-14-8-4-12(5-9-14)11-2-6-13(15)7-3-11/h2-9H,1H3. The van der Waals surface area contributed by atoms with Crippen molar-refractivity contribution < 1.29 is 9.53 Å². The van der Waals surface area contributed by atoms with Crippen LogP contribution in [0.2, 0.25) is 5.02 Å². The lowest BCUT2D eigenvalue weighted by Gasteiger charge is -2.04. The Labute approximate surface area is 105 Å². The number of halogens is 1. The molecule has 0 saturated heterocycles. The van der Waals surface area contributed by atoms with Crippen LogP contribution in [0, 0.1) is 0 Å². The average molecular weight is 247 g/mol. The second kappa shape index (κ2) is 5.02. The number of hydrogen-bond acceptors (Lipinski definition) is 2. The van der Waals surface area contributed by atoms with Gasteiger partial charge in [-0.15, -0.1) is 0 Å². The molecule has 0 aliphatic heterocycles. The summed E-state index contributed by atoms with van der Waals surface area (Å²) in [4.78, 5) is 10.8. The smallest absolute Gasteiger partial charge is 0.308 e. The maximum atomic E-state index is 10.8. The summed E-state index contributed by atoms with van der Waals surface area (Å²) < 4.78 is 4.96. The van der Waals surface area contributed by atoms with E-state index in [2.05, 4.69) is 0 Å². The fraction of sp³-hybridized carbons (Fsp3) is 0.0714. The minimum atomic E-state index is -0.316. The Bertz CT molecular complexity index is 515. The van der Waals surface area contributed by atoms with Gasteiger partial charge in [-0.1, -0.05) is 35.9 Å². The van der Waals surface area contributed by atoms with E-state index in [1.165, 1.54) is 6.92 Å². The number of rotatable bonds is 2. The van der Waals surface area contributed by atoms with Crippen molar-refractivity contribution in [2.45, 2.75) is 6.92 Å². The summed E-state index contributed by atoms with van der Waals surface area (Å²) in [7, 11) is 0. The van der Waals surface area contributed by atoms with Crippen molar-refractivity contribution in [3.63, 3.8) is 0 Å². The summed E-state index contributed by atoms with van der Waals surface area (Å²) in [6.07, 6.45) is 0. The molecule has 0 saturated carbocycles. The first-order valence-corrected chi connectivity index (χ1v) is 5.57. The van der Waals surface area contributed by atoms with Crippen LogP contribution in [0.15, 0.2) is 48.5 Å². The molecule has 3 heteroatoms. The first kappa shape index (κ1) is 11.7. The van der Waals surface area contributed by atoms with Crippen LogP contribution < -0.4 is 4.74 Å². The lowest BCUT2D eigenvalue weighted by atomic mass is 10.1. The van der Waals surface area contributed by atoms with Gasteiger partial charge in [-0.2, -0.15) is 0 Å². The zero-order chi connectivity index (χ0) is 12.3. The second-order valence-corrected chi connectivity index (χ2v) is 4.06. The predicted octanol–water partition coefficient (Wildman–Crippen LogP) is 3.93. The van der Waals surface area contributed by atoms with Gasteiger partial charge in [0.05, 0.1) is 0 Å². The maximum absolute atomic E-state index is 10.8. The molecule has 0 unspecified atom stereocenters. The van der Waals surface area contributed by atoms with E-state index < -0.39 is 0 Å². The summed E-state index contributed by atoms with van der Waals surface area (Å²) in [5.74, 6) is 0.236. The largest absolute Gasteiger partial charge is 0.427 e. The van der Waals surface area contributed by atoms with Crippen LogP contribution in [0.1, 0.15) is 6.92 Å². The van der Waals surface area contributed by atoms with Gasteiger partial charge in [0.1, 0.15) is 5.75 Å². The molecule has 2 aromatic carbocycles. The van der Waals surface area contributed by atoms with Crippen molar-refractivity contribution in [2.24, 2.45) is 0 Å². The van der Waals surface area contributed by atoms with Crippen LogP contribution in [0.5, 0.6) is 5.75 Å². The number of carbonyl (C=O) groups is 1. The lowest BCUT2D eigenvalue weighted by Crippen LogP contribution is -2.00. The van der Waals surface area contributed by atoms with Crippen molar-refractivity contribution in [1.82, 2.24) is 0 Å². The molecule has 2 nitrogen and oxygen atoms in total. The molecule has 0 spiro atoms. The van der Waals surface area contributed by atoms with Gasteiger partial charge in [-0.3, -0.25) is 4.79 Å². The Hall–Kier alpha value is -1.80. The Balaban J connectivity index is 2.23. The lowest BCUT2D eigenvalue weighted by molar-refractivity contribution is -0.131. The molecule has 0 heterocycles. The van der Waals surface area contributed by atoms with Crippen LogP contribution in [0.3, 0.4) is 0 Å². The van der Waals surface area contributed by atoms with Gasteiger partial charge in [0.2, 0.25) is 0 Å². The summed E-state index contributed by atoms with van der Waals surface area (Å²) in [5.41, 5.74) is 2.13. The highest BCUT2D eigenvalue weighted by Crippen LogP contribution is 2.23. The van der Waals surface area contributed by atoms with Crippen molar-refractivity contribution in [1.29, 1.82) is 0 Å². The van der Waals surface area contributed by atoms with E-state index in [1.54, 1.807) is 12.1 Å². The molecule has 0 aliphatic rings.